The predicted octanol–water partition coefficient (Wildman–Crippen LogP) is 6.00. The maximum Gasteiger partial charge on any atom is 0.335 e. The summed E-state index contributed by atoms with van der Waals surface area (Å²) in [5.74, 6) is -0.313. The lowest BCUT2D eigenvalue weighted by atomic mass is 9.92. The molecule has 0 heterocycles. The molecule has 1 aliphatic rings. The molecule has 1 fully saturated rings. The molecular formula is C18H26O2S. The van der Waals surface area contributed by atoms with Crippen LogP contribution < -0.4 is 0 Å². The molecule has 21 heavy (non-hydrogen) atoms. The van der Waals surface area contributed by atoms with Crippen molar-refractivity contribution in [3.8, 4) is 0 Å². The largest absolute Gasteiger partial charge is 0.478 e. The minimum absolute atomic E-state index is 0.399. The average Bonchev–Trinajstić information content (AvgIpc) is 2.96. The van der Waals surface area contributed by atoms with Crippen LogP contribution in [-0.2, 0) is 0 Å². The van der Waals surface area contributed by atoms with Gasteiger partial charge in [-0.2, -0.15) is 0 Å². The molecule has 116 valence electrons. The van der Waals surface area contributed by atoms with E-state index in [0.29, 0.717) is 11.5 Å². The van der Waals surface area contributed by atoms with Crippen molar-refractivity contribution >= 4 is 17.7 Å². The van der Waals surface area contributed by atoms with Gasteiger partial charge >= 0.3 is 5.97 Å². The number of hydrogen-bond donors (Lipinski definition) is 1. The van der Waals surface area contributed by atoms with Gasteiger partial charge in [-0.05, 0) is 60.8 Å². The SMILES string of the molecule is C=C(C)Sc1cc(C(=O)O)cc(C2CCCC2)c1C.CC. The van der Waals surface area contributed by atoms with E-state index in [-0.39, 0.29) is 0 Å². The third-order valence-corrected chi connectivity index (χ3v) is 4.72. The molecule has 0 unspecified atom stereocenters. The predicted molar refractivity (Wildman–Crippen MR) is 91.4 cm³/mol. The zero-order chi connectivity index (χ0) is 16.0. The summed E-state index contributed by atoms with van der Waals surface area (Å²) in [7, 11) is 0. The Bertz CT molecular complexity index is 514. The highest BCUT2D eigenvalue weighted by atomic mass is 32.2. The van der Waals surface area contributed by atoms with Gasteiger partial charge in [0, 0.05) is 4.90 Å². The van der Waals surface area contributed by atoms with E-state index in [1.165, 1.54) is 36.8 Å². The molecule has 1 N–H and O–H groups in total. The number of aromatic carboxylic acids is 1. The number of carboxylic acid groups (broad SMARTS) is 1. The lowest BCUT2D eigenvalue weighted by Crippen LogP contribution is -2.04. The van der Waals surface area contributed by atoms with Crippen LogP contribution in [0.15, 0.2) is 28.5 Å². The lowest BCUT2D eigenvalue weighted by molar-refractivity contribution is 0.0696. The van der Waals surface area contributed by atoms with Crippen LogP contribution in [0.2, 0.25) is 0 Å². The molecular weight excluding hydrogens is 280 g/mol. The van der Waals surface area contributed by atoms with Crippen LogP contribution in [0.1, 0.15) is 73.9 Å². The Hall–Kier alpha value is -1.22. The van der Waals surface area contributed by atoms with Crippen LogP contribution in [0.4, 0.5) is 0 Å². The van der Waals surface area contributed by atoms with E-state index in [9.17, 15) is 9.90 Å². The van der Waals surface area contributed by atoms with Crippen LogP contribution in [0, 0.1) is 6.92 Å². The van der Waals surface area contributed by atoms with Gasteiger partial charge in [-0.3, -0.25) is 0 Å². The molecule has 0 atom stereocenters. The van der Waals surface area contributed by atoms with E-state index in [1.807, 2.05) is 26.8 Å². The standard InChI is InChI=1S/C16H20O2S.C2H6/c1-10(2)19-15-9-13(16(17)18)8-14(11(15)3)12-6-4-5-7-12;1-2/h8-9,12H,1,4-7H2,2-3H3,(H,17,18);1-2H3. The summed E-state index contributed by atoms with van der Waals surface area (Å²) in [5.41, 5.74) is 2.85. The molecule has 0 saturated heterocycles. The fourth-order valence-corrected chi connectivity index (χ4v) is 3.62. The number of benzene rings is 1. The molecule has 0 radical (unpaired) electrons. The van der Waals surface area contributed by atoms with Crippen molar-refractivity contribution in [2.75, 3.05) is 0 Å². The van der Waals surface area contributed by atoms with Crippen molar-refractivity contribution in [3.63, 3.8) is 0 Å². The smallest absolute Gasteiger partial charge is 0.335 e. The number of thioether (sulfide) groups is 1. The minimum Gasteiger partial charge on any atom is -0.478 e. The van der Waals surface area contributed by atoms with E-state index >= 15 is 0 Å². The van der Waals surface area contributed by atoms with E-state index in [0.717, 1.165) is 9.80 Å². The van der Waals surface area contributed by atoms with Crippen molar-refractivity contribution in [3.05, 3.63) is 40.3 Å². The Balaban J connectivity index is 0.00000106. The molecule has 0 bridgehead atoms. The molecule has 1 aliphatic carbocycles. The van der Waals surface area contributed by atoms with E-state index in [1.54, 1.807) is 17.8 Å². The molecule has 0 spiro atoms. The Morgan fingerprint density at radius 2 is 1.86 bits per heavy atom. The lowest BCUT2D eigenvalue weighted by Gasteiger charge is -2.17. The van der Waals surface area contributed by atoms with E-state index in [4.69, 9.17) is 0 Å². The normalized spacial score (nSPS) is 14.5. The zero-order valence-corrected chi connectivity index (χ0v) is 14.3. The monoisotopic (exact) mass is 306 g/mol. The molecule has 0 aliphatic heterocycles. The van der Waals surface area contributed by atoms with Crippen molar-refractivity contribution < 1.29 is 9.90 Å². The fourth-order valence-electron chi connectivity index (χ4n) is 2.79. The average molecular weight is 306 g/mol. The summed E-state index contributed by atoms with van der Waals surface area (Å²) in [4.78, 5) is 13.3. The highest BCUT2D eigenvalue weighted by Crippen LogP contribution is 2.40. The first-order chi connectivity index (χ1) is 9.99. The first-order valence-electron chi connectivity index (χ1n) is 7.70. The third-order valence-electron chi connectivity index (χ3n) is 3.73. The summed E-state index contributed by atoms with van der Waals surface area (Å²) in [6, 6.07) is 3.64. The van der Waals surface area contributed by atoms with Gasteiger partial charge in [0.1, 0.15) is 0 Å². The highest BCUT2D eigenvalue weighted by molar-refractivity contribution is 8.03. The molecule has 2 nitrogen and oxygen atoms in total. The molecule has 3 heteroatoms. The van der Waals surface area contributed by atoms with Crippen LogP contribution in [-0.4, -0.2) is 11.1 Å². The fraction of sp³-hybridized carbons (Fsp3) is 0.500. The number of rotatable bonds is 4. The van der Waals surface area contributed by atoms with Gasteiger partial charge < -0.3 is 5.11 Å². The number of allylic oxidation sites excluding steroid dienone is 1. The van der Waals surface area contributed by atoms with Crippen LogP contribution in [0.5, 0.6) is 0 Å². The quantitative estimate of drug-likeness (QED) is 0.693. The summed E-state index contributed by atoms with van der Waals surface area (Å²) in [6.45, 7) is 12.0. The topological polar surface area (TPSA) is 37.3 Å². The molecule has 1 aromatic rings. The first kappa shape index (κ1) is 17.8. The summed E-state index contributed by atoms with van der Waals surface area (Å²) in [6.07, 6.45) is 4.87. The van der Waals surface area contributed by atoms with Crippen molar-refractivity contribution in [1.29, 1.82) is 0 Å². The van der Waals surface area contributed by atoms with Crippen LogP contribution >= 0.6 is 11.8 Å². The van der Waals surface area contributed by atoms with Gasteiger partial charge in [0.25, 0.3) is 0 Å². The van der Waals surface area contributed by atoms with E-state index in [2.05, 4.69) is 13.5 Å². The Morgan fingerprint density at radius 1 is 1.29 bits per heavy atom. The van der Waals surface area contributed by atoms with Crippen molar-refractivity contribution in [2.45, 2.75) is 64.2 Å². The summed E-state index contributed by atoms with van der Waals surface area (Å²) < 4.78 is 0. The maximum absolute atomic E-state index is 11.3. The summed E-state index contributed by atoms with van der Waals surface area (Å²) in [5, 5.41) is 9.27. The Morgan fingerprint density at radius 3 is 2.33 bits per heavy atom. The second-order valence-electron chi connectivity index (χ2n) is 5.28. The van der Waals surface area contributed by atoms with Gasteiger partial charge in [0.15, 0.2) is 0 Å². The highest BCUT2D eigenvalue weighted by Gasteiger charge is 2.22. The second kappa shape index (κ2) is 8.28. The number of carbonyl (C=O) groups is 1. The molecule has 1 saturated carbocycles. The van der Waals surface area contributed by atoms with Gasteiger partial charge in [-0.25, -0.2) is 4.79 Å². The Kier molecular flexibility index (Phi) is 7.03. The summed E-state index contributed by atoms with van der Waals surface area (Å²) >= 11 is 1.57. The number of carboxylic acids is 1. The van der Waals surface area contributed by atoms with Crippen LogP contribution in [0.3, 0.4) is 0 Å². The second-order valence-corrected chi connectivity index (χ2v) is 6.62. The van der Waals surface area contributed by atoms with Crippen molar-refractivity contribution in [2.24, 2.45) is 0 Å². The van der Waals surface area contributed by atoms with Gasteiger partial charge in [-0.15, -0.1) is 0 Å². The van der Waals surface area contributed by atoms with Crippen molar-refractivity contribution in [1.82, 2.24) is 0 Å². The molecule has 0 amide bonds. The van der Waals surface area contributed by atoms with Gasteiger partial charge in [0.2, 0.25) is 0 Å². The van der Waals surface area contributed by atoms with Gasteiger partial charge in [0.05, 0.1) is 5.56 Å². The van der Waals surface area contributed by atoms with Gasteiger partial charge in [-0.1, -0.05) is 45.0 Å². The first-order valence-corrected chi connectivity index (χ1v) is 8.52. The molecule has 1 aromatic carbocycles. The van der Waals surface area contributed by atoms with Crippen LogP contribution in [0.25, 0.3) is 0 Å². The molecule has 0 aromatic heterocycles. The maximum atomic E-state index is 11.3. The minimum atomic E-state index is -0.845. The number of hydrogen-bond acceptors (Lipinski definition) is 2. The Labute approximate surface area is 132 Å². The zero-order valence-electron chi connectivity index (χ0n) is 13.5. The third kappa shape index (κ3) is 4.63. The molecule has 2 rings (SSSR count). The van der Waals surface area contributed by atoms with E-state index < -0.39 is 5.97 Å².